The molecule has 4 aromatic rings. The van der Waals surface area contributed by atoms with Crippen LogP contribution in [0.3, 0.4) is 0 Å². The fourth-order valence-corrected chi connectivity index (χ4v) is 6.63. The summed E-state index contributed by atoms with van der Waals surface area (Å²) in [6.45, 7) is 9.77. The lowest BCUT2D eigenvalue weighted by molar-refractivity contribution is 0.0370. The number of fused-ring (bicyclic) bond motifs is 1. The average molecular weight is 678 g/mol. The summed E-state index contributed by atoms with van der Waals surface area (Å²) in [6, 6.07) is 19.5. The normalized spacial score (nSPS) is 14.1. The van der Waals surface area contributed by atoms with E-state index < -0.39 is 21.7 Å². The molecule has 13 heteroatoms. The van der Waals surface area contributed by atoms with Crippen molar-refractivity contribution in [3.05, 3.63) is 72.9 Å². The van der Waals surface area contributed by atoms with Gasteiger partial charge in [0.15, 0.2) is 0 Å². The molecule has 48 heavy (non-hydrogen) atoms. The van der Waals surface area contributed by atoms with Crippen LogP contribution in [0.5, 0.6) is 17.2 Å². The van der Waals surface area contributed by atoms with Crippen molar-refractivity contribution >= 4 is 44.1 Å². The molecule has 5 rings (SSSR count). The van der Waals surface area contributed by atoms with Crippen LogP contribution in [0.15, 0.2) is 77.8 Å². The third kappa shape index (κ3) is 8.92. The van der Waals surface area contributed by atoms with Crippen LogP contribution in [0, 0.1) is 0 Å². The summed E-state index contributed by atoms with van der Waals surface area (Å²) in [5, 5.41) is 7.63. The minimum atomic E-state index is -3.78. The van der Waals surface area contributed by atoms with Gasteiger partial charge in [-0.25, -0.2) is 22.5 Å². The maximum Gasteiger partial charge on any atom is 0.412 e. The Labute approximate surface area is 282 Å². The summed E-state index contributed by atoms with van der Waals surface area (Å²) >= 11 is 0. The number of methoxy groups -OCH3 is 1. The zero-order valence-corrected chi connectivity index (χ0v) is 28.8. The Kier molecular flexibility index (Phi) is 11.0. The number of hydrogen-bond donors (Lipinski definition) is 2. The van der Waals surface area contributed by atoms with Crippen LogP contribution in [0.4, 0.5) is 22.0 Å². The highest BCUT2D eigenvalue weighted by Gasteiger charge is 2.25. The molecule has 12 nitrogen and oxygen atoms in total. The molecular weight excluding hydrogens is 634 g/mol. The summed E-state index contributed by atoms with van der Waals surface area (Å²) in [5.41, 5.74) is 0.567. The van der Waals surface area contributed by atoms with Gasteiger partial charge in [0.25, 0.3) is 0 Å². The lowest BCUT2D eigenvalue weighted by atomic mass is 10.1. The number of nitrogens with zero attached hydrogens (tertiary/aromatic N) is 3. The molecule has 1 saturated heterocycles. The number of amides is 1. The fraction of sp³-hybridized carbons (Fsp3) is 0.371. The first-order valence-electron chi connectivity index (χ1n) is 15.8. The lowest BCUT2D eigenvalue weighted by Gasteiger charge is -2.27. The van der Waals surface area contributed by atoms with Crippen LogP contribution >= 0.6 is 0 Å². The average Bonchev–Trinajstić information content (AvgIpc) is 3.05. The second kappa shape index (κ2) is 15.2. The number of ether oxygens (including phenoxy) is 4. The maximum absolute atomic E-state index is 13.4. The van der Waals surface area contributed by atoms with Crippen LogP contribution < -0.4 is 20.1 Å². The molecule has 1 aromatic heterocycles. The summed E-state index contributed by atoms with van der Waals surface area (Å²) < 4.78 is 50.8. The molecule has 0 saturated carbocycles. The first-order chi connectivity index (χ1) is 22.9. The zero-order chi connectivity index (χ0) is 34.3. The molecule has 0 bridgehead atoms. The molecule has 256 valence electrons. The van der Waals surface area contributed by atoms with Crippen molar-refractivity contribution in [3.63, 3.8) is 0 Å². The number of nitrogens with one attached hydrogen (secondary N) is 2. The van der Waals surface area contributed by atoms with E-state index in [1.807, 2.05) is 45.0 Å². The van der Waals surface area contributed by atoms with Gasteiger partial charge in [0.05, 0.1) is 26.0 Å². The maximum atomic E-state index is 13.4. The van der Waals surface area contributed by atoms with Crippen molar-refractivity contribution < 1.29 is 32.2 Å². The van der Waals surface area contributed by atoms with Crippen molar-refractivity contribution in [3.8, 4) is 17.2 Å². The summed E-state index contributed by atoms with van der Waals surface area (Å²) in [7, 11) is -0.747. The van der Waals surface area contributed by atoms with E-state index in [-0.39, 0.29) is 10.6 Å². The molecule has 2 heterocycles. The van der Waals surface area contributed by atoms with Gasteiger partial charge in [-0.3, -0.25) is 10.2 Å². The van der Waals surface area contributed by atoms with E-state index in [0.29, 0.717) is 54.9 Å². The fourth-order valence-electron chi connectivity index (χ4n) is 5.29. The Bertz CT molecular complexity index is 1840. The van der Waals surface area contributed by atoms with Gasteiger partial charge in [-0.05, 0) is 64.1 Å². The van der Waals surface area contributed by atoms with Crippen molar-refractivity contribution in [1.29, 1.82) is 0 Å². The molecule has 2 N–H and O–H groups in total. The van der Waals surface area contributed by atoms with Gasteiger partial charge < -0.3 is 24.3 Å². The monoisotopic (exact) mass is 677 g/mol. The van der Waals surface area contributed by atoms with Crippen molar-refractivity contribution in [1.82, 2.24) is 14.2 Å². The second-order valence-electron chi connectivity index (χ2n) is 12.4. The zero-order valence-electron chi connectivity index (χ0n) is 28.0. The topological polar surface area (TPSA) is 132 Å². The van der Waals surface area contributed by atoms with Crippen LogP contribution in [-0.2, 0) is 19.5 Å². The van der Waals surface area contributed by atoms with Crippen molar-refractivity contribution in [2.45, 2.75) is 37.7 Å². The molecular formula is C35H43N5O7S. The highest BCUT2D eigenvalue weighted by Crippen LogP contribution is 2.36. The van der Waals surface area contributed by atoms with Gasteiger partial charge in [0, 0.05) is 61.5 Å². The number of sulfonamides is 1. The number of benzene rings is 3. The Balaban J connectivity index is 1.27. The summed E-state index contributed by atoms with van der Waals surface area (Å²) in [5.74, 6) is 1.81. The number of carbonyl (C=O) groups excluding carboxylic acids is 1. The predicted octanol–water partition coefficient (Wildman–Crippen LogP) is 6.47. The van der Waals surface area contributed by atoms with Crippen LogP contribution in [0.1, 0.15) is 27.2 Å². The predicted molar refractivity (Wildman–Crippen MR) is 186 cm³/mol. The third-order valence-electron chi connectivity index (χ3n) is 7.65. The number of pyridine rings is 1. The molecule has 0 atom stereocenters. The van der Waals surface area contributed by atoms with Crippen LogP contribution in [0.2, 0.25) is 0 Å². The molecule has 3 aromatic carbocycles. The minimum absolute atomic E-state index is 0.0888. The standard InChI is InChI=1S/C35H43N5O7S/c1-35(2,3)47-34(41)38-29-12-13-30(28-10-7-6-9-27(28)29)46-26-15-16-36-33(24-26)37-25-11-14-32(31(23-25)44-5)48(42,43)39(4)17-8-18-40-19-21-45-22-20-40/h6-7,9-16,23-24H,8,17-22H2,1-5H3,(H,36,37)(H,38,41). The van der Waals surface area contributed by atoms with Crippen molar-refractivity contribution in [2.24, 2.45) is 0 Å². The highest BCUT2D eigenvalue weighted by molar-refractivity contribution is 7.89. The van der Waals surface area contributed by atoms with Crippen LogP contribution in [-0.4, -0.2) is 87.9 Å². The summed E-state index contributed by atoms with van der Waals surface area (Å²) in [4.78, 5) is 19.2. The first kappa shape index (κ1) is 34.9. The van der Waals surface area contributed by atoms with Gasteiger partial charge in [-0.15, -0.1) is 0 Å². The molecule has 1 aliphatic rings. The lowest BCUT2D eigenvalue weighted by Crippen LogP contribution is -2.38. The van der Waals surface area contributed by atoms with E-state index >= 15 is 0 Å². The smallest absolute Gasteiger partial charge is 0.412 e. The number of morpholine rings is 1. The number of aromatic nitrogens is 1. The SMILES string of the molecule is COc1cc(Nc2cc(Oc3ccc(NC(=O)OC(C)(C)C)c4ccccc34)ccn2)ccc1S(=O)(=O)N(C)CCCN1CCOCC1. The Morgan fingerprint density at radius 1 is 1.00 bits per heavy atom. The highest BCUT2D eigenvalue weighted by atomic mass is 32.2. The number of rotatable bonds is 12. The summed E-state index contributed by atoms with van der Waals surface area (Å²) in [6.07, 6.45) is 1.78. The number of anilines is 3. The van der Waals surface area contributed by atoms with Crippen molar-refractivity contribution in [2.75, 3.05) is 64.2 Å². The van der Waals surface area contributed by atoms with Gasteiger partial charge in [0.1, 0.15) is 33.6 Å². The van der Waals surface area contributed by atoms with E-state index in [9.17, 15) is 13.2 Å². The largest absolute Gasteiger partial charge is 0.495 e. The molecule has 0 aliphatic carbocycles. The minimum Gasteiger partial charge on any atom is -0.495 e. The van der Waals surface area contributed by atoms with Gasteiger partial charge in [-0.1, -0.05) is 24.3 Å². The van der Waals surface area contributed by atoms with Gasteiger partial charge in [0.2, 0.25) is 10.0 Å². The quantitative estimate of drug-likeness (QED) is 0.172. The van der Waals surface area contributed by atoms with E-state index in [0.717, 1.165) is 30.4 Å². The molecule has 1 aliphatic heterocycles. The van der Waals surface area contributed by atoms with E-state index in [2.05, 4.69) is 20.5 Å². The Morgan fingerprint density at radius 2 is 1.75 bits per heavy atom. The van der Waals surface area contributed by atoms with Crippen LogP contribution in [0.25, 0.3) is 10.8 Å². The molecule has 0 spiro atoms. The van der Waals surface area contributed by atoms with E-state index in [4.69, 9.17) is 18.9 Å². The number of carbonyl (C=O) groups is 1. The molecule has 1 fully saturated rings. The third-order valence-corrected chi connectivity index (χ3v) is 9.55. The molecule has 0 unspecified atom stereocenters. The van der Waals surface area contributed by atoms with E-state index in [1.54, 1.807) is 49.6 Å². The first-order valence-corrected chi connectivity index (χ1v) is 17.2. The number of hydrogen-bond acceptors (Lipinski definition) is 10. The second-order valence-corrected chi connectivity index (χ2v) is 14.4. The van der Waals surface area contributed by atoms with Gasteiger partial charge >= 0.3 is 6.09 Å². The van der Waals surface area contributed by atoms with E-state index in [1.165, 1.54) is 17.5 Å². The molecule has 0 radical (unpaired) electrons. The molecule has 1 amide bonds. The Morgan fingerprint density at radius 3 is 2.48 bits per heavy atom. The Hall–Kier alpha value is -4.43. The van der Waals surface area contributed by atoms with Gasteiger partial charge in [-0.2, -0.15) is 0 Å².